The van der Waals surface area contributed by atoms with Crippen LogP contribution >= 0.6 is 0 Å². The van der Waals surface area contributed by atoms with E-state index in [0.717, 1.165) is 16.9 Å². The number of benzene rings is 1. The van der Waals surface area contributed by atoms with Crippen molar-refractivity contribution < 1.29 is 4.79 Å². The van der Waals surface area contributed by atoms with E-state index in [1.807, 2.05) is 31.2 Å². The lowest BCUT2D eigenvalue weighted by Crippen LogP contribution is -2.27. The van der Waals surface area contributed by atoms with Gasteiger partial charge in [-0.25, -0.2) is 15.0 Å². The number of aromatic amines is 1. The van der Waals surface area contributed by atoms with Gasteiger partial charge < -0.3 is 10.3 Å². The van der Waals surface area contributed by atoms with Gasteiger partial charge in [-0.1, -0.05) is 12.1 Å². The van der Waals surface area contributed by atoms with Crippen molar-refractivity contribution in [1.29, 1.82) is 0 Å². The second-order valence-corrected chi connectivity index (χ2v) is 5.71. The average Bonchev–Trinajstić information content (AvgIpc) is 3.31. The highest BCUT2D eigenvalue weighted by atomic mass is 16.1. The molecule has 1 aromatic carbocycles. The van der Waals surface area contributed by atoms with Crippen molar-refractivity contribution in [1.82, 2.24) is 29.8 Å². The number of para-hydroxylation sites is 2. The van der Waals surface area contributed by atoms with Crippen molar-refractivity contribution in [3.05, 3.63) is 72.7 Å². The van der Waals surface area contributed by atoms with Gasteiger partial charge in [0.05, 0.1) is 17.1 Å². The summed E-state index contributed by atoms with van der Waals surface area (Å²) in [6.07, 6.45) is 6.69. The minimum atomic E-state index is -0.246. The molecule has 1 amide bonds. The Hall–Kier alpha value is -3.48. The lowest BCUT2D eigenvalue weighted by atomic mass is 10.2. The zero-order valence-corrected chi connectivity index (χ0v) is 13.5. The fourth-order valence-electron chi connectivity index (χ4n) is 2.62. The summed E-state index contributed by atoms with van der Waals surface area (Å²) in [4.78, 5) is 28.6. The lowest BCUT2D eigenvalue weighted by Gasteiger charge is -2.12. The van der Waals surface area contributed by atoms with Crippen LogP contribution < -0.4 is 5.32 Å². The second kappa shape index (κ2) is 6.20. The van der Waals surface area contributed by atoms with Crippen LogP contribution in [0, 0.1) is 0 Å². The molecule has 0 radical (unpaired) electrons. The quantitative estimate of drug-likeness (QED) is 0.601. The van der Waals surface area contributed by atoms with Gasteiger partial charge in [0.2, 0.25) is 0 Å². The lowest BCUT2D eigenvalue weighted by molar-refractivity contribution is 0.0938. The fraction of sp³-hybridized carbons (Fsp3) is 0.111. The zero-order chi connectivity index (χ0) is 17.2. The molecule has 1 atom stereocenters. The SMILES string of the molecule is C[C@H](NC(=O)c1ccnc(-n2ccnc2)c1)c1nc2ccccc2[nH]1. The Morgan fingerprint density at radius 2 is 2.12 bits per heavy atom. The first kappa shape index (κ1) is 15.1. The molecular formula is C18H16N6O. The first-order chi connectivity index (χ1) is 12.2. The number of amides is 1. The van der Waals surface area contributed by atoms with Gasteiger partial charge in [-0.05, 0) is 31.2 Å². The molecule has 4 rings (SSSR count). The molecule has 0 saturated carbocycles. The summed E-state index contributed by atoms with van der Waals surface area (Å²) >= 11 is 0. The van der Waals surface area contributed by atoms with E-state index in [2.05, 4.69) is 25.3 Å². The van der Waals surface area contributed by atoms with Crippen molar-refractivity contribution in [2.24, 2.45) is 0 Å². The van der Waals surface area contributed by atoms with E-state index in [1.165, 1.54) is 0 Å². The number of hydrogen-bond acceptors (Lipinski definition) is 4. The van der Waals surface area contributed by atoms with Crippen molar-refractivity contribution in [3.63, 3.8) is 0 Å². The van der Waals surface area contributed by atoms with Crippen LogP contribution in [-0.2, 0) is 0 Å². The number of carbonyl (C=O) groups excluding carboxylic acids is 1. The Morgan fingerprint density at radius 3 is 2.92 bits per heavy atom. The molecule has 3 aromatic heterocycles. The minimum Gasteiger partial charge on any atom is -0.342 e. The molecule has 4 aromatic rings. The van der Waals surface area contributed by atoms with Gasteiger partial charge in [0.1, 0.15) is 18.0 Å². The van der Waals surface area contributed by atoms with Crippen molar-refractivity contribution >= 4 is 16.9 Å². The Kier molecular flexibility index (Phi) is 3.74. The monoisotopic (exact) mass is 332 g/mol. The van der Waals surface area contributed by atoms with Gasteiger partial charge in [-0.15, -0.1) is 0 Å². The summed E-state index contributed by atoms with van der Waals surface area (Å²) in [7, 11) is 0. The third-order valence-corrected chi connectivity index (χ3v) is 3.94. The molecule has 0 fully saturated rings. The van der Waals surface area contributed by atoms with Crippen LogP contribution in [0.4, 0.5) is 0 Å². The summed E-state index contributed by atoms with van der Waals surface area (Å²) in [5.74, 6) is 1.18. The van der Waals surface area contributed by atoms with Crippen molar-refractivity contribution in [2.45, 2.75) is 13.0 Å². The average molecular weight is 332 g/mol. The molecule has 0 aliphatic rings. The number of carbonyl (C=O) groups is 1. The van der Waals surface area contributed by atoms with Gasteiger partial charge in [0.25, 0.3) is 5.91 Å². The molecule has 0 aliphatic carbocycles. The fourth-order valence-corrected chi connectivity index (χ4v) is 2.62. The number of nitrogens with zero attached hydrogens (tertiary/aromatic N) is 4. The first-order valence-electron chi connectivity index (χ1n) is 7.90. The summed E-state index contributed by atoms with van der Waals surface area (Å²) in [6.45, 7) is 1.90. The highest BCUT2D eigenvalue weighted by molar-refractivity contribution is 5.94. The smallest absolute Gasteiger partial charge is 0.252 e. The van der Waals surface area contributed by atoms with E-state index in [-0.39, 0.29) is 11.9 Å². The molecule has 0 aliphatic heterocycles. The highest BCUT2D eigenvalue weighted by Gasteiger charge is 2.15. The Bertz CT molecular complexity index is 988. The third kappa shape index (κ3) is 2.99. The minimum absolute atomic E-state index is 0.184. The van der Waals surface area contributed by atoms with Gasteiger partial charge in [0, 0.05) is 24.2 Å². The Balaban J connectivity index is 1.54. The molecule has 7 nitrogen and oxygen atoms in total. The van der Waals surface area contributed by atoms with E-state index in [9.17, 15) is 4.79 Å². The number of imidazole rings is 2. The van der Waals surface area contributed by atoms with Gasteiger partial charge in [0.15, 0.2) is 0 Å². The topological polar surface area (TPSA) is 88.5 Å². The number of hydrogen-bond donors (Lipinski definition) is 2. The molecule has 0 spiro atoms. The van der Waals surface area contributed by atoms with Crippen LogP contribution in [-0.4, -0.2) is 30.4 Å². The maximum atomic E-state index is 12.6. The Morgan fingerprint density at radius 1 is 1.24 bits per heavy atom. The predicted octanol–water partition coefficient (Wildman–Crippen LogP) is 2.63. The highest BCUT2D eigenvalue weighted by Crippen LogP contribution is 2.16. The number of fused-ring (bicyclic) bond motifs is 1. The van der Waals surface area contributed by atoms with Crippen LogP contribution in [0.3, 0.4) is 0 Å². The van der Waals surface area contributed by atoms with Gasteiger partial charge in [-0.2, -0.15) is 0 Å². The van der Waals surface area contributed by atoms with Crippen LogP contribution in [0.1, 0.15) is 29.1 Å². The summed E-state index contributed by atoms with van der Waals surface area (Å²) < 4.78 is 1.75. The van der Waals surface area contributed by atoms with E-state index in [4.69, 9.17) is 0 Å². The first-order valence-corrected chi connectivity index (χ1v) is 7.90. The molecule has 0 unspecified atom stereocenters. The standard InChI is InChI=1S/C18H16N6O/c1-12(17-22-14-4-2-3-5-15(14)23-17)21-18(25)13-6-7-20-16(10-13)24-9-8-19-11-24/h2-12H,1H3,(H,21,25)(H,22,23)/t12-/m0/s1. The number of pyridine rings is 1. The van der Waals surface area contributed by atoms with Crippen LogP contribution in [0.5, 0.6) is 0 Å². The number of aromatic nitrogens is 5. The summed E-state index contributed by atoms with van der Waals surface area (Å²) in [5.41, 5.74) is 2.36. The normalized spacial score (nSPS) is 12.2. The Labute approximate surface area is 143 Å². The second-order valence-electron chi connectivity index (χ2n) is 5.71. The van der Waals surface area contributed by atoms with E-state index < -0.39 is 0 Å². The maximum absolute atomic E-state index is 12.6. The van der Waals surface area contributed by atoms with E-state index >= 15 is 0 Å². The summed E-state index contributed by atoms with van der Waals surface area (Å²) in [6, 6.07) is 10.9. The number of nitrogens with one attached hydrogen (secondary N) is 2. The van der Waals surface area contributed by atoms with Crippen LogP contribution in [0.25, 0.3) is 16.9 Å². The van der Waals surface area contributed by atoms with Crippen molar-refractivity contribution in [3.8, 4) is 5.82 Å². The maximum Gasteiger partial charge on any atom is 0.252 e. The molecule has 3 heterocycles. The molecule has 7 heteroatoms. The van der Waals surface area contributed by atoms with Crippen molar-refractivity contribution in [2.75, 3.05) is 0 Å². The molecule has 0 bridgehead atoms. The van der Waals surface area contributed by atoms with E-state index in [0.29, 0.717) is 11.4 Å². The zero-order valence-electron chi connectivity index (χ0n) is 13.5. The van der Waals surface area contributed by atoms with Gasteiger partial charge >= 0.3 is 0 Å². The van der Waals surface area contributed by atoms with Crippen LogP contribution in [0.15, 0.2) is 61.3 Å². The molecular weight excluding hydrogens is 316 g/mol. The van der Waals surface area contributed by atoms with Crippen LogP contribution in [0.2, 0.25) is 0 Å². The van der Waals surface area contributed by atoms with E-state index in [1.54, 1.807) is 41.6 Å². The molecule has 2 N–H and O–H groups in total. The molecule has 124 valence electrons. The summed E-state index contributed by atoms with van der Waals surface area (Å²) in [5, 5.41) is 2.96. The largest absolute Gasteiger partial charge is 0.342 e. The number of rotatable bonds is 4. The van der Waals surface area contributed by atoms with Gasteiger partial charge in [-0.3, -0.25) is 9.36 Å². The third-order valence-electron chi connectivity index (χ3n) is 3.94. The number of H-pyrrole nitrogens is 1. The molecule has 0 saturated heterocycles. The molecule has 25 heavy (non-hydrogen) atoms. The predicted molar refractivity (Wildman–Crippen MR) is 93.3 cm³/mol.